The fourth-order valence-electron chi connectivity index (χ4n) is 2.91. The Morgan fingerprint density at radius 3 is 2.36 bits per heavy atom. The molecule has 4 rings (SSSR count). The zero-order chi connectivity index (χ0) is 19.7. The fraction of sp³-hybridized carbons (Fsp3) is 0.158. The van der Waals surface area contributed by atoms with Gasteiger partial charge in [0.1, 0.15) is 11.5 Å². The third kappa shape index (κ3) is 3.64. The van der Waals surface area contributed by atoms with Crippen LogP contribution in [0.15, 0.2) is 63.2 Å². The molecule has 0 unspecified atom stereocenters. The Morgan fingerprint density at radius 1 is 1.00 bits per heavy atom. The first-order valence-corrected chi connectivity index (χ1v) is 10.9. The number of hydrogen-bond acceptors (Lipinski definition) is 6. The monoisotopic (exact) mass is 416 g/mol. The van der Waals surface area contributed by atoms with Gasteiger partial charge < -0.3 is 4.42 Å². The maximum Gasteiger partial charge on any atom is 0.240 e. The van der Waals surface area contributed by atoms with Gasteiger partial charge >= 0.3 is 0 Å². The maximum absolute atomic E-state index is 12.5. The Kier molecular flexibility index (Phi) is 4.88. The smallest absolute Gasteiger partial charge is 0.240 e. The van der Waals surface area contributed by atoms with Crippen molar-refractivity contribution in [3.05, 3.63) is 59.7 Å². The van der Waals surface area contributed by atoms with E-state index < -0.39 is 10.0 Å². The zero-order valence-corrected chi connectivity index (χ0v) is 16.3. The summed E-state index contributed by atoms with van der Waals surface area (Å²) in [5.74, 6) is 0.626. The van der Waals surface area contributed by atoms with E-state index in [1.165, 1.54) is 35.6 Å². The second kappa shape index (κ2) is 7.34. The Balaban J connectivity index is 1.45. The van der Waals surface area contributed by atoms with E-state index in [0.29, 0.717) is 17.2 Å². The third-order valence-electron chi connectivity index (χ3n) is 4.32. The molecule has 9 heteroatoms. The lowest BCUT2D eigenvalue weighted by Gasteiger charge is -2.14. The molecule has 28 heavy (non-hydrogen) atoms. The molecule has 2 aromatic heterocycles. The van der Waals surface area contributed by atoms with Crippen molar-refractivity contribution in [3.63, 3.8) is 0 Å². The molecule has 1 N–H and O–H groups in total. The number of carbonyl (C=O) groups excluding carboxylic acids is 2. The molecule has 3 heterocycles. The number of imide groups is 1. The Labute approximate surface area is 165 Å². The first-order valence-electron chi connectivity index (χ1n) is 8.52. The molecule has 0 atom stereocenters. The highest BCUT2D eigenvalue weighted by Crippen LogP contribution is 2.27. The SMILES string of the molecule is O=C1CCC(=O)N1c1ccc(S(=O)(=O)NCc2ccc(-c3cccs3)o2)cc1. The van der Waals surface area contributed by atoms with Gasteiger partial charge in [0, 0.05) is 12.8 Å². The molecule has 2 amide bonds. The number of hydrogen-bond donors (Lipinski definition) is 1. The first-order chi connectivity index (χ1) is 13.4. The lowest BCUT2D eigenvalue weighted by Crippen LogP contribution is -2.28. The molecule has 0 radical (unpaired) electrons. The van der Waals surface area contributed by atoms with Crippen molar-refractivity contribution in [1.29, 1.82) is 0 Å². The molecule has 1 aromatic carbocycles. The van der Waals surface area contributed by atoms with E-state index in [-0.39, 0.29) is 36.1 Å². The quantitative estimate of drug-likeness (QED) is 0.623. The van der Waals surface area contributed by atoms with E-state index >= 15 is 0 Å². The minimum Gasteiger partial charge on any atom is -0.459 e. The van der Waals surface area contributed by atoms with Gasteiger partial charge in [0.05, 0.1) is 22.0 Å². The molecule has 1 fully saturated rings. The van der Waals surface area contributed by atoms with Gasteiger partial charge in [0.2, 0.25) is 21.8 Å². The van der Waals surface area contributed by atoms with Crippen LogP contribution in [0.1, 0.15) is 18.6 Å². The lowest BCUT2D eigenvalue weighted by molar-refractivity contribution is -0.121. The van der Waals surface area contributed by atoms with E-state index in [0.717, 1.165) is 9.78 Å². The summed E-state index contributed by atoms with van der Waals surface area (Å²) in [4.78, 5) is 25.6. The minimum absolute atomic E-state index is 0.0125. The van der Waals surface area contributed by atoms with Crippen LogP contribution in [-0.4, -0.2) is 20.2 Å². The Bertz CT molecular complexity index is 1100. The number of anilines is 1. The fourth-order valence-corrected chi connectivity index (χ4v) is 4.59. The van der Waals surface area contributed by atoms with Crippen molar-refractivity contribution < 1.29 is 22.4 Å². The van der Waals surface area contributed by atoms with Crippen molar-refractivity contribution in [3.8, 4) is 10.6 Å². The maximum atomic E-state index is 12.5. The van der Waals surface area contributed by atoms with E-state index in [2.05, 4.69) is 4.72 Å². The van der Waals surface area contributed by atoms with Gasteiger partial charge in [-0.3, -0.25) is 14.5 Å². The minimum atomic E-state index is -3.77. The number of thiophene rings is 1. The highest BCUT2D eigenvalue weighted by molar-refractivity contribution is 7.89. The van der Waals surface area contributed by atoms with Crippen LogP contribution in [0.4, 0.5) is 5.69 Å². The average Bonchev–Trinajstić information content (AvgIpc) is 3.42. The summed E-state index contributed by atoms with van der Waals surface area (Å²) in [6, 6.07) is 13.0. The van der Waals surface area contributed by atoms with Crippen LogP contribution >= 0.6 is 11.3 Å². The van der Waals surface area contributed by atoms with Crippen LogP contribution in [0.25, 0.3) is 10.6 Å². The second-order valence-electron chi connectivity index (χ2n) is 6.18. The van der Waals surface area contributed by atoms with Crippen molar-refractivity contribution in [2.24, 2.45) is 0 Å². The molecule has 3 aromatic rings. The van der Waals surface area contributed by atoms with Gasteiger partial charge in [-0.05, 0) is 47.8 Å². The van der Waals surface area contributed by atoms with Gasteiger partial charge in [-0.25, -0.2) is 13.1 Å². The van der Waals surface area contributed by atoms with Crippen molar-refractivity contribution >= 4 is 38.9 Å². The number of sulfonamides is 1. The Hall–Kier alpha value is -2.75. The van der Waals surface area contributed by atoms with E-state index in [4.69, 9.17) is 4.42 Å². The summed E-state index contributed by atoms with van der Waals surface area (Å²) in [7, 11) is -3.77. The summed E-state index contributed by atoms with van der Waals surface area (Å²) >= 11 is 1.54. The largest absolute Gasteiger partial charge is 0.459 e. The summed E-state index contributed by atoms with van der Waals surface area (Å²) in [6.07, 6.45) is 0.355. The number of nitrogens with one attached hydrogen (secondary N) is 1. The van der Waals surface area contributed by atoms with Gasteiger partial charge in [0.15, 0.2) is 0 Å². The molecular weight excluding hydrogens is 400 g/mol. The normalized spacial score (nSPS) is 14.8. The van der Waals surface area contributed by atoms with Gasteiger partial charge in [-0.15, -0.1) is 11.3 Å². The summed E-state index contributed by atoms with van der Waals surface area (Å²) < 4.78 is 33.2. The standard InChI is InChI=1S/C19H16N2O5S2/c22-18-9-10-19(23)21(18)13-3-6-15(7-4-13)28(24,25)20-12-14-5-8-16(26-14)17-2-1-11-27-17/h1-8,11,20H,9-10,12H2. The van der Waals surface area contributed by atoms with Crippen LogP contribution in [0.3, 0.4) is 0 Å². The number of benzene rings is 1. The summed E-state index contributed by atoms with van der Waals surface area (Å²) in [6.45, 7) is 0.0125. The molecule has 7 nitrogen and oxygen atoms in total. The number of nitrogens with zero attached hydrogens (tertiary/aromatic N) is 1. The van der Waals surface area contributed by atoms with Crippen molar-refractivity contribution in [2.75, 3.05) is 4.90 Å². The topological polar surface area (TPSA) is 96.7 Å². The van der Waals surface area contributed by atoms with Gasteiger partial charge in [-0.2, -0.15) is 0 Å². The average molecular weight is 416 g/mol. The molecule has 0 spiro atoms. The highest BCUT2D eigenvalue weighted by Gasteiger charge is 2.30. The van der Waals surface area contributed by atoms with Crippen LogP contribution in [0.2, 0.25) is 0 Å². The molecule has 1 aliphatic heterocycles. The highest BCUT2D eigenvalue weighted by atomic mass is 32.2. The van der Waals surface area contributed by atoms with Gasteiger partial charge in [0.25, 0.3) is 0 Å². The molecule has 0 aliphatic carbocycles. The molecule has 0 bridgehead atoms. The summed E-state index contributed by atoms with van der Waals surface area (Å²) in [5.41, 5.74) is 0.373. The van der Waals surface area contributed by atoms with E-state index in [1.807, 2.05) is 17.5 Å². The molecule has 144 valence electrons. The Morgan fingerprint density at radius 2 is 1.71 bits per heavy atom. The number of furan rings is 1. The molecule has 1 saturated heterocycles. The zero-order valence-electron chi connectivity index (χ0n) is 14.6. The lowest BCUT2D eigenvalue weighted by atomic mass is 10.3. The number of rotatable bonds is 6. The number of carbonyl (C=O) groups is 2. The van der Waals surface area contributed by atoms with Crippen molar-refractivity contribution in [1.82, 2.24) is 4.72 Å². The predicted octanol–water partition coefficient (Wildman–Crippen LogP) is 3.14. The second-order valence-corrected chi connectivity index (χ2v) is 8.90. The molecule has 1 aliphatic rings. The number of amides is 2. The van der Waals surface area contributed by atoms with Gasteiger partial charge in [-0.1, -0.05) is 6.07 Å². The molecule has 0 saturated carbocycles. The summed E-state index contributed by atoms with van der Waals surface area (Å²) in [5, 5.41) is 1.94. The van der Waals surface area contributed by atoms with E-state index in [1.54, 1.807) is 12.1 Å². The van der Waals surface area contributed by atoms with Crippen molar-refractivity contribution in [2.45, 2.75) is 24.3 Å². The van der Waals surface area contributed by atoms with Crippen LogP contribution in [0.5, 0.6) is 0 Å². The van der Waals surface area contributed by atoms with E-state index in [9.17, 15) is 18.0 Å². The first kappa shape index (κ1) is 18.6. The van der Waals surface area contributed by atoms with Crippen LogP contribution in [0, 0.1) is 0 Å². The van der Waals surface area contributed by atoms with Crippen LogP contribution < -0.4 is 9.62 Å². The molecular formula is C19H16N2O5S2. The third-order valence-corrected chi connectivity index (χ3v) is 6.62. The van der Waals surface area contributed by atoms with Crippen LogP contribution in [-0.2, 0) is 26.2 Å². The predicted molar refractivity (Wildman–Crippen MR) is 104 cm³/mol.